The average molecular weight is 254 g/mol. The molecule has 1 aromatic carbocycles. The van der Waals surface area contributed by atoms with Gasteiger partial charge in [-0.3, -0.25) is 4.98 Å². The van der Waals surface area contributed by atoms with Gasteiger partial charge in [-0.1, -0.05) is 19.9 Å². The lowest BCUT2D eigenvalue weighted by molar-refractivity contribution is 0.212. The molecular weight excluding hydrogens is 232 g/mol. The molecule has 1 aliphatic carbocycles. The predicted octanol–water partition coefficient (Wildman–Crippen LogP) is 4.39. The molecule has 2 aromatic rings. The molecule has 0 atom stereocenters. The second kappa shape index (κ2) is 4.84. The molecule has 0 unspecified atom stereocenters. The van der Waals surface area contributed by atoms with Gasteiger partial charge >= 0.3 is 0 Å². The minimum absolute atomic E-state index is 0.638. The van der Waals surface area contributed by atoms with Crippen LogP contribution in [0.5, 0.6) is 0 Å². The molecule has 100 valence electrons. The number of nitrogens with zero attached hydrogens (tertiary/aromatic N) is 1. The number of nitrogens with one attached hydrogen (secondary N) is 1. The third-order valence-corrected chi connectivity index (χ3v) is 4.45. The van der Waals surface area contributed by atoms with E-state index in [0.29, 0.717) is 6.04 Å². The van der Waals surface area contributed by atoms with Gasteiger partial charge in [-0.15, -0.1) is 0 Å². The van der Waals surface area contributed by atoms with Gasteiger partial charge in [0.1, 0.15) is 0 Å². The second-order valence-corrected chi connectivity index (χ2v) is 6.15. The minimum Gasteiger partial charge on any atom is -0.382 e. The van der Waals surface area contributed by atoms with Crippen LogP contribution in [0, 0.1) is 18.8 Å². The van der Waals surface area contributed by atoms with Crippen molar-refractivity contribution in [2.45, 2.75) is 39.7 Å². The molecule has 0 amide bonds. The third kappa shape index (κ3) is 2.32. The summed E-state index contributed by atoms with van der Waals surface area (Å²) in [6.07, 6.45) is 4.47. The third-order valence-electron chi connectivity index (χ3n) is 4.45. The topological polar surface area (TPSA) is 24.9 Å². The van der Waals surface area contributed by atoms with E-state index in [1.807, 2.05) is 12.3 Å². The molecule has 1 fully saturated rings. The maximum atomic E-state index is 4.50. The summed E-state index contributed by atoms with van der Waals surface area (Å²) >= 11 is 0. The summed E-state index contributed by atoms with van der Waals surface area (Å²) in [7, 11) is 0. The first-order valence-corrected chi connectivity index (χ1v) is 7.26. The van der Waals surface area contributed by atoms with Crippen molar-refractivity contribution >= 4 is 16.6 Å². The van der Waals surface area contributed by atoms with Crippen molar-refractivity contribution in [3.05, 3.63) is 36.0 Å². The molecule has 1 aromatic heterocycles. The van der Waals surface area contributed by atoms with Gasteiger partial charge < -0.3 is 5.32 Å². The smallest absolute Gasteiger partial charge is 0.0751 e. The number of anilines is 1. The molecule has 0 aliphatic heterocycles. The molecule has 0 radical (unpaired) electrons. The lowest BCUT2D eigenvalue weighted by atomic mass is 9.73. The Labute approximate surface area is 115 Å². The van der Waals surface area contributed by atoms with Gasteiger partial charge in [-0.2, -0.15) is 0 Å². The molecular formula is C17H22N2. The lowest BCUT2D eigenvalue weighted by Crippen LogP contribution is -2.37. The van der Waals surface area contributed by atoms with Crippen molar-refractivity contribution < 1.29 is 0 Å². The van der Waals surface area contributed by atoms with Crippen LogP contribution >= 0.6 is 0 Å². The van der Waals surface area contributed by atoms with Crippen molar-refractivity contribution in [2.24, 2.45) is 11.8 Å². The van der Waals surface area contributed by atoms with Crippen LogP contribution in [-0.2, 0) is 0 Å². The standard InChI is InChI=1S/C17H22N2/c1-11(2)13-9-14(10-13)19-16-7-6-12(3)17-15(16)5-4-8-18-17/h4-8,11,13-14,19H,9-10H2,1-3H3. The van der Waals surface area contributed by atoms with E-state index in [1.54, 1.807) is 0 Å². The second-order valence-electron chi connectivity index (χ2n) is 6.15. The van der Waals surface area contributed by atoms with Crippen LogP contribution in [0.15, 0.2) is 30.5 Å². The zero-order valence-corrected chi connectivity index (χ0v) is 12.0. The highest BCUT2D eigenvalue weighted by Crippen LogP contribution is 2.36. The normalized spacial score (nSPS) is 22.5. The number of pyridine rings is 1. The summed E-state index contributed by atoms with van der Waals surface area (Å²) in [5, 5.41) is 4.94. The fourth-order valence-electron chi connectivity index (χ4n) is 2.98. The Morgan fingerprint density at radius 2 is 2.00 bits per heavy atom. The first-order valence-electron chi connectivity index (χ1n) is 7.26. The quantitative estimate of drug-likeness (QED) is 0.878. The van der Waals surface area contributed by atoms with Crippen molar-refractivity contribution in [3.8, 4) is 0 Å². The summed E-state index contributed by atoms with van der Waals surface area (Å²) in [5.41, 5.74) is 3.60. The van der Waals surface area contributed by atoms with Gasteiger partial charge in [0.2, 0.25) is 0 Å². The molecule has 1 aliphatic rings. The number of fused-ring (bicyclic) bond motifs is 1. The molecule has 19 heavy (non-hydrogen) atoms. The minimum atomic E-state index is 0.638. The van der Waals surface area contributed by atoms with E-state index in [1.165, 1.54) is 29.5 Å². The average Bonchev–Trinajstić information content (AvgIpc) is 2.35. The fraction of sp³-hybridized carbons (Fsp3) is 0.471. The largest absolute Gasteiger partial charge is 0.382 e. The number of hydrogen-bond acceptors (Lipinski definition) is 2. The molecule has 0 spiro atoms. The van der Waals surface area contributed by atoms with Crippen molar-refractivity contribution in [1.29, 1.82) is 0 Å². The van der Waals surface area contributed by atoms with E-state index in [4.69, 9.17) is 0 Å². The number of hydrogen-bond donors (Lipinski definition) is 1. The molecule has 0 bridgehead atoms. The maximum Gasteiger partial charge on any atom is 0.0751 e. The Morgan fingerprint density at radius 1 is 1.21 bits per heavy atom. The molecule has 0 saturated heterocycles. The van der Waals surface area contributed by atoms with Gasteiger partial charge in [0.15, 0.2) is 0 Å². The van der Waals surface area contributed by atoms with Crippen molar-refractivity contribution in [2.75, 3.05) is 5.32 Å². The monoisotopic (exact) mass is 254 g/mol. The predicted molar refractivity (Wildman–Crippen MR) is 81.5 cm³/mol. The zero-order chi connectivity index (χ0) is 13.4. The van der Waals surface area contributed by atoms with E-state index >= 15 is 0 Å². The zero-order valence-electron chi connectivity index (χ0n) is 12.0. The Morgan fingerprint density at radius 3 is 2.74 bits per heavy atom. The van der Waals surface area contributed by atoms with Crippen LogP contribution < -0.4 is 5.32 Å². The molecule has 3 rings (SSSR count). The summed E-state index contributed by atoms with van der Waals surface area (Å²) in [5.74, 6) is 1.71. The van der Waals surface area contributed by atoms with E-state index in [-0.39, 0.29) is 0 Å². The van der Waals surface area contributed by atoms with Gasteiger partial charge in [0, 0.05) is 23.3 Å². The number of benzene rings is 1. The molecule has 2 nitrogen and oxygen atoms in total. The van der Waals surface area contributed by atoms with Crippen LogP contribution in [0.25, 0.3) is 10.9 Å². The van der Waals surface area contributed by atoms with E-state index in [2.05, 4.69) is 49.3 Å². The Hall–Kier alpha value is -1.57. The summed E-state index contributed by atoms with van der Waals surface area (Å²) in [6.45, 7) is 6.77. The Balaban J connectivity index is 1.81. The molecule has 2 heteroatoms. The number of aryl methyl sites for hydroxylation is 1. The van der Waals surface area contributed by atoms with Gasteiger partial charge in [-0.25, -0.2) is 0 Å². The van der Waals surface area contributed by atoms with Crippen molar-refractivity contribution in [3.63, 3.8) is 0 Å². The first kappa shape index (κ1) is 12.5. The van der Waals surface area contributed by atoms with Gasteiger partial charge in [0.25, 0.3) is 0 Å². The summed E-state index contributed by atoms with van der Waals surface area (Å²) in [4.78, 5) is 4.50. The Bertz CT molecular complexity index is 583. The van der Waals surface area contributed by atoms with E-state index in [0.717, 1.165) is 17.4 Å². The summed E-state index contributed by atoms with van der Waals surface area (Å²) < 4.78 is 0. The highest BCUT2D eigenvalue weighted by atomic mass is 14.9. The van der Waals surface area contributed by atoms with Crippen molar-refractivity contribution in [1.82, 2.24) is 4.98 Å². The SMILES string of the molecule is Cc1ccc(NC2CC(C(C)C)C2)c2cccnc12. The van der Waals surface area contributed by atoms with Crippen LogP contribution in [0.4, 0.5) is 5.69 Å². The summed E-state index contributed by atoms with van der Waals surface area (Å²) in [6, 6.07) is 9.18. The fourth-order valence-corrected chi connectivity index (χ4v) is 2.98. The molecule has 1 heterocycles. The maximum absolute atomic E-state index is 4.50. The highest BCUT2D eigenvalue weighted by Gasteiger charge is 2.31. The lowest BCUT2D eigenvalue weighted by Gasteiger charge is -2.39. The highest BCUT2D eigenvalue weighted by molar-refractivity contribution is 5.93. The van der Waals surface area contributed by atoms with Crippen LogP contribution in [0.1, 0.15) is 32.3 Å². The molecule has 1 saturated carbocycles. The van der Waals surface area contributed by atoms with Gasteiger partial charge in [0.05, 0.1) is 5.52 Å². The van der Waals surface area contributed by atoms with Crippen LogP contribution in [0.3, 0.4) is 0 Å². The number of rotatable bonds is 3. The van der Waals surface area contributed by atoms with E-state index in [9.17, 15) is 0 Å². The molecule has 1 N–H and O–H groups in total. The number of aromatic nitrogens is 1. The first-order chi connectivity index (χ1) is 9.15. The van der Waals surface area contributed by atoms with E-state index < -0.39 is 0 Å². The Kier molecular flexibility index (Phi) is 3.17. The van der Waals surface area contributed by atoms with Gasteiger partial charge in [-0.05, 0) is 55.4 Å². The van der Waals surface area contributed by atoms with Crippen LogP contribution in [0.2, 0.25) is 0 Å². The van der Waals surface area contributed by atoms with Crippen LogP contribution in [-0.4, -0.2) is 11.0 Å².